The number of hydrogen-bond donors (Lipinski definition) is 1. The Balaban J connectivity index is 3.13. The van der Waals surface area contributed by atoms with Gasteiger partial charge in [-0.2, -0.15) is 0 Å². The van der Waals surface area contributed by atoms with E-state index in [1.165, 1.54) is 0 Å². The van der Waals surface area contributed by atoms with Gasteiger partial charge >= 0.3 is 0 Å². The van der Waals surface area contributed by atoms with E-state index in [9.17, 15) is 0 Å². The van der Waals surface area contributed by atoms with Crippen LogP contribution >= 0.6 is 0 Å². The quantitative estimate of drug-likeness (QED) is 0.589. The molecule has 0 amide bonds. The molecule has 0 aliphatic rings. The number of aromatic nitrogens is 2. The first-order valence-corrected chi connectivity index (χ1v) is 13.3. The van der Waals surface area contributed by atoms with Crippen LogP contribution < -0.4 is 5.73 Å². The summed E-state index contributed by atoms with van der Waals surface area (Å²) in [5.74, 6) is 6.50. The Morgan fingerprint density at radius 1 is 0.947 bits per heavy atom. The van der Waals surface area contributed by atoms with E-state index in [1.807, 2.05) is 0 Å². The summed E-state index contributed by atoms with van der Waals surface area (Å²) in [5, 5.41) is 0. The second-order valence-corrected chi connectivity index (χ2v) is 16.0. The fourth-order valence-corrected chi connectivity index (χ4v) is 2.05. The van der Waals surface area contributed by atoms with Gasteiger partial charge in [0.2, 0.25) is 0 Å². The van der Waals surface area contributed by atoms with Gasteiger partial charge in [0.25, 0.3) is 0 Å². The van der Waals surface area contributed by atoms with Gasteiger partial charge in [-0.1, -0.05) is 51.1 Å². The zero-order chi connectivity index (χ0) is 14.7. The molecular formula is C14H21N3Si2. The van der Waals surface area contributed by atoms with Gasteiger partial charge in [-0.15, -0.1) is 11.1 Å². The second-order valence-electron chi connectivity index (χ2n) is 6.49. The summed E-state index contributed by atoms with van der Waals surface area (Å²) in [4.78, 5) is 8.51. The molecule has 0 spiro atoms. The standard InChI is InChI=1S/C14H21N3Si2/c1-18(2,3)9-7-12-11-16-14(15)13(17-12)8-10-19(4,5)6/h11H,1-6H3,(H2,15,16). The Morgan fingerprint density at radius 3 is 2.00 bits per heavy atom. The SMILES string of the molecule is C[Si](C)(C)C#Cc1cnc(N)c(C#C[Si](C)(C)C)n1. The lowest BCUT2D eigenvalue weighted by Gasteiger charge is -2.04. The van der Waals surface area contributed by atoms with E-state index >= 15 is 0 Å². The first-order valence-electron chi connectivity index (χ1n) is 6.26. The van der Waals surface area contributed by atoms with Crippen LogP contribution in [0.4, 0.5) is 5.82 Å². The highest BCUT2D eigenvalue weighted by Crippen LogP contribution is 2.06. The maximum absolute atomic E-state index is 5.80. The van der Waals surface area contributed by atoms with Crippen molar-refractivity contribution in [3.8, 4) is 22.9 Å². The van der Waals surface area contributed by atoms with Crippen LogP contribution in [0.2, 0.25) is 39.3 Å². The molecule has 2 N–H and O–H groups in total. The van der Waals surface area contributed by atoms with Crippen molar-refractivity contribution in [3.05, 3.63) is 17.6 Å². The van der Waals surface area contributed by atoms with E-state index in [-0.39, 0.29) is 0 Å². The van der Waals surface area contributed by atoms with Crippen LogP contribution in [0.15, 0.2) is 6.20 Å². The van der Waals surface area contributed by atoms with E-state index in [1.54, 1.807) is 6.20 Å². The van der Waals surface area contributed by atoms with Crippen molar-refractivity contribution in [2.24, 2.45) is 0 Å². The molecule has 100 valence electrons. The first kappa shape index (κ1) is 15.5. The van der Waals surface area contributed by atoms with Gasteiger partial charge in [0, 0.05) is 0 Å². The van der Waals surface area contributed by atoms with Crippen molar-refractivity contribution in [1.29, 1.82) is 0 Å². The minimum atomic E-state index is -1.44. The molecule has 1 aromatic heterocycles. The van der Waals surface area contributed by atoms with Crippen molar-refractivity contribution in [3.63, 3.8) is 0 Å². The number of nitrogens with two attached hydrogens (primary N) is 1. The molecule has 0 radical (unpaired) electrons. The molecule has 3 nitrogen and oxygen atoms in total. The topological polar surface area (TPSA) is 51.8 Å². The largest absolute Gasteiger partial charge is 0.381 e. The average molecular weight is 288 g/mol. The predicted molar refractivity (Wildman–Crippen MR) is 86.9 cm³/mol. The van der Waals surface area contributed by atoms with Crippen LogP contribution in [-0.4, -0.2) is 26.1 Å². The molecule has 0 aliphatic heterocycles. The molecule has 0 fully saturated rings. The molecule has 0 atom stereocenters. The Labute approximate surface area is 118 Å². The van der Waals surface area contributed by atoms with Crippen molar-refractivity contribution in [1.82, 2.24) is 9.97 Å². The van der Waals surface area contributed by atoms with E-state index < -0.39 is 16.1 Å². The maximum Gasteiger partial charge on any atom is 0.158 e. The number of nitrogen functional groups attached to an aromatic ring is 1. The highest BCUT2D eigenvalue weighted by molar-refractivity contribution is 6.84. The van der Waals surface area contributed by atoms with Gasteiger partial charge in [-0.25, -0.2) is 9.97 Å². The third-order valence-corrected chi connectivity index (χ3v) is 3.67. The Morgan fingerprint density at radius 2 is 1.47 bits per heavy atom. The summed E-state index contributed by atoms with van der Waals surface area (Å²) in [6.07, 6.45) is 1.61. The summed E-state index contributed by atoms with van der Waals surface area (Å²) in [5.41, 5.74) is 13.5. The number of hydrogen-bond acceptors (Lipinski definition) is 3. The molecule has 0 saturated carbocycles. The van der Waals surface area contributed by atoms with Crippen LogP contribution in [0, 0.1) is 22.9 Å². The Bertz CT molecular complexity index is 588. The lowest BCUT2D eigenvalue weighted by atomic mass is 10.4. The fraction of sp³-hybridized carbons (Fsp3) is 0.429. The molecule has 1 aromatic rings. The van der Waals surface area contributed by atoms with E-state index in [0.717, 1.165) is 0 Å². The van der Waals surface area contributed by atoms with Gasteiger partial charge in [0.05, 0.1) is 6.20 Å². The number of anilines is 1. The Hall–Kier alpha value is -1.57. The summed E-state index contributed by atoms with van der Waals surface area (Å²) in [6, 6.07) is 0. The molecule has 0 aliphatic carbocycles. The van der Waals surface area contributed by atoms with Gasteiger partial charge < -0.3 is 5.73 Å². The fourth-order valence-electron chi connectivity index (χ4n) is 1.05. The van der Waals surface area contributed by atoms with E-state index in [0.29, 0.717) is 17.2 Å². The lowest BCUT2D eigenvalue weighted by molar-refractivity contribution is 1.16. The van der Waals surface area contributed by atoms with Crippen molar-refractivity contribution < 1.29 is 0 Å². The van der Waals surface area contributed by atoms with Crippen molar-refractivity contribution in [2.45, 2.75) is 39.3 Å². The van der Waals surface area contributed by atoms with Gasteiger partial charge in [-0.3, -0.25) is 0 Å². The zero-order valence-electron chi connectivity index (χ0n) is 12.5. The molecule has 0 aromatic carbocycles. The molecule has 1 rings (SSSR count). The van der Waals surface area contributed by atoms with Crippen LogP contribution in [-0.2, 0) is 0 Å². The van der Waals surface area contributed by atoms with Crippen LogP contribution in [0.3, 0.4) is 0 Å². The minimum absolute atomic E-state index is 0.379. The van der Waals surface area contributed by atoms with Crippen LogP contribution in [0.25, 0.3) is 0 Å². The molecular weight excluding hydrogens is 266 g/mol. The maximum atomic E-state index is 5.80. The Kier molecular flexibility index (Phi) is 4.57. The third-order valence-electron chi connectivity index (χ3n) is 1.92. The first-order chi connectivity index (χ1) is 8.57. The molecule has 1 heterocycles. The van der Waals surface area contributed by atoms with Gasteiger partial charge in [-0.05, 0) is 0 Å². The van der Waals surface area contributed by atoms with Crippen molar-refractivity contribution >= 4 is 22.0 Å². The molecule has 5 heteroatoms. The zero-order valence-corrected chi connectivity index (χ0v) is 14.5. The van der Waals surface area contributed by atoms with E-state index in [4.69, 9.17) is 5.73 Å². The predicted octanol–water partition coefficient (Wildman–Crippen LogP) is 2.52. The summed E-state index contributed by atoms with van der Waals surface area (Å²) in [7, 11) is -2.85. The third kappa shape index (κ3) is 6.23. The number of nitrogens with zero attached hydrogens (tertiary/aromatic N) is 2. The van der Waals surface area contributed by atoms with Crippen LogP contribution in [0.5, 0.6) is 0 Å². The van der Waals surface area contributed by atoms with Crippen molar-refractivity contribution in [2.75, 3.05) is 5.73 Å². The highest BCUT2D eigenvalue weighted by atomic mass is 28.3. The number of rotatable bonds is 0. The lowest BCUT2D eigenvalue weighted by Crippen LogP contribution is -2.17. The normalized spacial score (nSPS) is 11.1. The summed E-state index contributed by atoms with van der Waals surface area (Å²) in [6.45, 7) is 13.1. The molecule has 0 saturated heterocycles. The monoisotopic (exact) mass is 287 g/mol. The second kappa shape index (κ2) is 5.60. The summed E-state index contributed by atoms with van der Waals surface area (Å²) < 4.78 is 0. The average Bonchev–Trinajstić information content (AvgIpc) is 2.24. The molecule has 19 heavy (non-hydrogen) atoms. The van der Waals surface area contributed by atoms with Gasteiger partial charge in [0.1, 0.15) is 21.8 Å². The van der Waals surface area contributed by atoms with Crippen LogP contribution in [0.1, 0.15) is 11.4 Å². The smallest absolute Gasteiger partial charge is 0.158 e. The molecule has 0 unspecified atom stereocenters. The van der Waals surface area contributed by atoms with Gasteiger partial charge in [0.15, 0.2) is 11.5 Å². The summed E-state index contributed by atoms with van der Waals surface area (Å²) >= 11 is 0. The highest BCUT2D eigenvalue weighted by Gasteiger charge is 2.10. The molecule has 0 bridgehead atoms. The minimum Gasteiger partial charge on any atom is -0.381 e. The van der Waals surface area contributed by atoms with E-state index in [2.05, 4.69) is 72.2 Å².